The first kappa shape index (κ1) is 20.0. The van der Waals surface area contributed by atoms with Gasteiger partial charge in [0.25, 0.3) is 5.91 Å². The van der Waals surface area contributed by atoms with Gasteiger partial charge in [0, 0.05) is 34.3 Å². The maximum absolute atomic E-state index is 13.2. The van der Waals surface area contributed by atoms with Crippen molar-refractivity contribution in [3.63, 3.8) is 0 Å². The van der Waals surface area contributed by atoms with Gasteiger partial charge in [-0.25, -0.2) is 4.98 Å². The van der Waals surface area contributed by atoms with Crippen LogP contribution >= 0.6 is 23.2 Å². The summed E-state index contributed by atoms with van der Waals surface area (Å²) in [6.45, 7) is 0. The zero-order valence-corrected chi connectivity index (χ0v) is 17.8. The number of aromatic nitrogens is 2. The van der Waals surface area contributed by atoms with Crippen LogP contribution in [0.1, 0.15) is 42.7 Å². The van der Waals surface area contributed by atoms with Crippen molar-refractivity contribution in [2.45, 2.75) is 38.1 Å². The second-order valence-electron chi connectivity index (χ2n) is 7.53. The second kappa shape index (κ2) is 8.60. The fourth-order valence-corrected chi connectivity index (χ4v) is 4.17. The Kier molecular flexibility index (Phi) is 5.93. The van der Waals surface area contributed by atoms with E-state index in [-0.39, 0.29) is 11.9 Å². The molecule has 150 valence electrons. The monoisotopic (exact) mass is 427 g/mol. The van der Waals surface area contributed by atoms with Crippen LogP contribution in [-0.4, -0.2) is 33.9 Å². The Morgan fingerprint density at radius 2 is 1.48 bits per heavy atom. The number of aromatic amines is 1. The largest absolute Gasteiger partial charge is 0.336 e. The molecule has 1 aliphatic carbocycles. The molecular weight excluding hydrogens is 405 g/mol. The van der Waals surface area contributed by atoms with Gasteiger partial charge in [-0.1, -0.05) is 66.7 Å². The molecule has 0 aliphatic heterocycles. The number of nitrogens with one attached hydrogen (secondary N) is 1. The summed E-state index contributed by atoms with van der Waals surface area (Å²) in [5.74, 6) is 0.278. The number of amides is 1. The maximum atomic E-state index is 13.2. The lowest BCUT2D eigenvalue weighted by molar-refractivity contribution is 0.0685. The highest BCUT2D eigenvalue weighted by molar-refractivity contribution is 6.31. The van der Waals surface area contributed by atoms with Crippen molar-refractivity contribution in [2.75, 3.05) is 7.05 Å². The summed E-state index contributed by atoms with van der Waals surface area (Å²) >= 11 is 12.1. The first-order valence-corrected chi connectivity index (χ1v) is 10.7. The Hall–Kier alpha value is -2.30. The van der Waals surface area contributed by atoms with E-state index in [1.54, 1.807) is 0 Å². The summed E-state index contributed by atoms with van der Waals surface area (Å²) < 4.78 is 0. The fourth-order valence-electron chi connectivity index (χ4n) is 3.92. The third-order valence-corrected chi connectivity index (χ3v) is 6.10. The lowest BCUT2D eigenvalue weighted by Gasteiger charge is -2.30. The molecule has 1 heterocycles. The summed E-state index contributed by atoms with van der Waals surface area (Å²) in [4.78, 5) is 23.0. The smallest absolute Gasteiger partial charge is 0.289 e. The molecule has 3 aromatic rings. The van der Waals surface area contributed by atoms with Crippen molar-refractivity contribution in [3.05, 3.63) is 64.4 Å². The van der Waals surface area contributed by atoms with Crippen LogP contribution in [0.3, 0.4) is 0 Å². The highest BCUT2D eigenvalue weighted by atomic mass is 35.5. The van der Waals surface area contributed by atoms with E-state index in [2.05, 4.69) is 4.98 Å². The predicted molar refractivity (Wildman–Crippen MR) is 118 cm³/mol. The van der Waals surface area contributed by atoms with Gasteiger partial charge in [-0.15, -0.1) is 0 Å². The Bertz CT molecular complexity index is 927. The van der Waals surface area contributed by atoms with Gasteiger partial charge in [0.05, 0.1) is 11.4 Å². The van der Waals surface area contributed by atoms with Crippen LogP contribution in [-0.2, 0) is 0 Å². The van der Waals surface area contributed by atoms with E-state index >= 15 is 0 Å². The van der Waals surface area contributed by atoms with Crippen molar-refractivity contribution in [1.82, 2.24) is 14.9 Å². The van der Waals surface area contributed by atoms with Crippen molar-refractivity contribution < 1.29 is 4.79 Å². The predicted octanol–water partition coefficient (Wildman–Crippen LogP) is 6.46. The Labute approximate surface area is 180 Å². The molecule has 0 atom stereocenters. The average molecular weight is 428 g/mol. The number of rotatable bonds is 4. The fraction of sp³-hybridized carbons (Fsp3) is 0.304. The molecule has 1 amide bonds. The van der Waals surface area contributed by atoms with E-state index in [0.29, 0.717) is 15.9 Å². The van der Waals surface area contributed by atoms with Crippen LogP contribution in [0, 0.1) is 0 Å². The number of hydrogen-bond acceptors (Lipinski definition) is 2. The van der Waals surface area contributed by atoms with Gasteiger partial charge in [-0.2, -0.15) is 0 Å². The van der Waals surface area contributed by atoms with Crippen molar-refractivity contribution in [3.8, 4) is 22.5 Å². The van der Waals surface area contributed by atoms with Crippen LogP contribution in [0.2, 0.25) is 10.0 Å². The summed E-state index contributed by atoms with van der Waals surface area (Å²) in [6.07, 6.45) is 5.70. The number of carbonyl (C=O) groups excluding carboxylic acids is 1. The molecule has 0 bridgehead atoms. The lowest BCUT2D eigenvalue weighted by Crippen LogP contribution is -2.38. The van der Waals surface area contributed by atoms with Crippen LogP contribution in [0.25, 0.3) is 22.5 Å². The van der Waals surface area contributed by atoms with Crippen molar-refractivity contribution in [2.24, 2.45) is 0 Å². The normalized spacial score (nSPS) is 14.7. The Morgan fingerprint density at radius 3 is 2.07 bits per heavy atom. The van der Waals surface area contributed by atoms with Gasteiger partial charge in [0.1, 0.15) is 0 Å². The molecule has 1 fully saturated rings. The molecule has 1 aliphatic rings. The van der Waals surface area contributed by atoms with E-state index in [4.69, 9.17) is 28.2 Å². The molecule has 1 aromatic heterocycles. The molecule has 4 nitrogen and oxygen atoms in total. The quantitative estimate of drug-likeness (QED) is 0.519. The topological polar surface area (TPSA) is 49.0 Å². The number of carbonyl (C=O) groups is 1. The van der Waals surface area contributed by atoms with Crippen molar-refractivity contribution in [1.29, 1.82) is 0 Å². The van der Waals surface area contributed by atoms with Gasteiger partial charge >= 0.3 is 0 Å². The minimum Gasteiger partial charge on any atom is -0.336 e. The molecular formula is C23H23Cl2N3O. The Balaban J connectivity index is 1.73. The third kappa shape index (κ3) is 4.34. The molecule has 0 radical (unpaired) electrons. The molecule has 0 saturated heterocycles. The van der Waals surface area contributed by atoms with Crippen LogP contribution in [0.4, 0.5) is 0 Å². The van der Waals surface area contributed by atoms with Gasteiger partial charge in [-0.3, -0.25) is 4.79 Å². The number of halogens is 2. The number of benzene rings is 2. The minimum atomic E-state index is -0.0765. The summed E-state index contributed by atoms with van der Waals surface area (Å²) in [6, 6.07) is 15.3. The van der Waals surface area contributed by atoms with Crippen LogP contribution in [0.15, 0.2) is 48.5 Å². The number of imidazole rings is 1. The number of H-pyrrole nitrogens is 1. The molecule has 4 rings (SSSR count). The average Bonchev–Trinajstić information content (AvgIpc) is 3.20. The summed E-state index contributed by atoms with van der Waals surface area (Å²) in [5, 5.41) is 1.32. The van der Waals surface area contributed by atoms with E-state index in [0.717, 1.165) is 35.4 Å². The molecule has 1 N–H and O–H groups in total. The van der Waals surface area contributed by atoms with Gasteiger partial charge in [-0.05, 0) is 37.1 Å². The molecule has 6 heteroatoms. The van der Waals surface area contributed by atoms with E-state index in [1.807, 2.05) is 60.5 Å². The van der Waals surface area contributed by atoms with Gasteiger partial charge in [0.15, 0.2) is 5.82 Å². The maximum Gasteiger partial charge on any atom is 0.289 e. The van der Waals surface area contributed by atoms with E-state index in [1.165, 1.54) is 19.3 Å². The molecule has 2 aromatic carbocycles. The summed E-state index contributed by atoms with van der Waals surface area (Å²) in [7, 11) is 1.88. The Morgan fingerprint density at radius 1 is 0.931 bits per heavy atom. The molecule has 0 spiro atoms. The van der Waals surface area contributed by atoms with Crippen LogP contribution < -0.4 is 0 Å². The molecule has 29 heavy (non-hydrogen) atoms. The van der Waals surface area contributed by atoms with E-state index in [9.17, 15) is 4.79 Å². The minimum absolute atomic E-state index is 0.0765. The van der Waals surface area contributed by atoms with Gasteiger partial charge < -0.3 is 9.88 Å². The second-order valence-corrected chi connectivity index (χ2v) is 8.40. The van der Waals surface area contributed by atoms with Gasteiger partial charge in [0.2, 0.25) is 0 Å². The summed E-state index contributed by atoms with van der Waals surface area (Å²) in [5.41, 5.74) is 3.34. The first-order chi connectivity index (χ1) is 14.0. The number of hydrogen-bond donors (Lipinski definition) is 1. The standard InChI is InChI=1S/C23H23Cl2N3O/c1-28(19-5-3-2-4-6-19)23(29)22-26-20(15-7-11-17(24)12-8-15)21(27-22)16-9-13-18(25)14-10-16/h7-14,19H,2-6H2,1H3,(H,26,27). The van der Waals surface area contributed by atoms with Crippen LogP contribution in [0.5, 0.6) is 0 Å². The van der Waals surface area contributed by atoms with E-state index < -0.39 is 0 Å². The highest BCUT2D eigenvalue weighted by Gasteiger charge is 2.26. The molecule has 1 saturated carbocycles. The molecule has 0 unspecified atom stereocenters. The zero-order chi connectivity index (χ0) is 20.4. The third-order valence-electron chi connectivity index (χ3n) is 5.60. The first-order valence-electron chi connectivity index (χ1n) is 9.92. The van der Waals surface area contributed by atoms with Crippen molar-refractivity contribution >= 4 is 29.1 Å². The SMILES string of the molecule is CN(C(=O)c1nc(-c2ccc(Cl)cc2)c(-c2ccc(Cl)cc2)[nH]1)C1CCCCC1. The highest BCUT2D eigenvalue weighted by Crippen LogP contribution is 2.32. The zero-order valence-electron chi connectivity index (χ0n) is 16.3. The lowest BCUT2D eigenvalue weighted by atomic mass is 9.94. The number of nitrogens with zero attached hydrogens (tertiary/aromatic N) is 2.